The smallest absolute Gasteiger partial charge is 0.116 e. The Morgan fingerprint density at radius 3 is 0.833 bits per heavy atom. The minimum atomic E-state index is 0.824. The van der Waals surface area contributed by atoms with Gasteiger partial charge in [-0.05, 0) is 71.4 Å². The van der Waals surface area contributed by atoms with E-state index in [1.165, 1.54) is 10.8 Å². The number of hydrogen-bond donors (Lipinski definition) is 0. The number of fused-ring (bicyclic) bond motifs is 7. The zero-order valence-corrected chi connectivity index (χ0v) is 26.1. The molecule has 0 radical (unpaired) electrons. The fourth-order valence-electron chi connectivity index (χ4n) is 6.86. The highest BCUT2D eigenvalue weighted by Crippen LogP contribution is 2.45. The zero-order valence-electron chi connectivity index (χ0n) is 26.1. The Morgan fingerprint density at radius 2 is 0.521 bits per heavy atom. The van der Waals surface area contributed by atoms with Gasteiger partial charge in [-0.2, -0.15) is 0 Å². The Labute approximate surface area is 278 Å². The van der Waals surface area contributed by atoms with E-state index >= 15 is 0 Å². The van der Waals surface area contributed by atoms with Crippen molar-refractivity contribution in [3.8, 4) is 0 Å². The minimum absolute atomic E-state index is 0.824. The number of benzene rings is 8. The van der Waals surface area contributed by atoms with E-state index in [1.807, 2.05) is 0 Å². The third-order valence-corrected chi connectivity index (χ3v) is 8.97. The van der Waals surface area contributed by atoms with E-state index in [-0.39, 0.29) is 0 Å². The molecule has 226 valence electrons. The minimum Gasteiger partial charge on any atom is -0.308 e. The Bertz CT molecular complexity index is 2290. The molecule has 0 aliphatic rings. The number of anilines is 6. The van der Waals surface area contributed by atoms with Crippen molar-refractivity contribution in [2.24, 2.45) is 0 Å². The summed E-state index contributed by atoms with van der Waals surface area (Å²) in [7, 11) is 0. The van der Waals surface area contributed by atoms with E-state index in [2.05, 4.69) is 192 Å². The fraction of sp³-hybridized carbons (Fsp3) is 0. The van der Waals surface area contributed by atoms with E-state index in [0.29, 0.717) is 0 Å². The molecule has 4 heteroatoms. The van der Waals surface area contributed by atoms with Gasteiger partial charge in [-0.15, -0.1) is 0 Å². The van der Waals surface area contributed by atoms with Gasteiger partial charge in [0.25, 0.3) is 0 Å². The molecule has 0 unspecified atom stereocenters. The summed E-state index contributed by atoms with van der Waals surface area (Å²) in [6.45, 7) is 0. The van der Waals surface area contributed by atoms with Crippen LogP contribution in [0.25, 0.3) is 43.6 Å². The van der Waals surface area contributed by atoms with Crippen molar-refractivity contribution in [1.29, 1.82) is 0 Å². The summed E-state index contributed by atoms with van der Waals surface area (Å²) in [5, 5.41) is 4.52. The highest BCUT2D eigenvalue weighted by Gasteiger charge is 2.24. The van der Waals surface area contributed by atoms with Crippen molar-refractivity contribution in [3.63, 3.8) is 0 Å². The van der Waals surface area contributed by atoms with E-state index in [1.54, 1.807) is 0 Å². The lowest BCUT2D eigenvalue weighted by molar-refractivity contribution is 1.25. The molecule has 0 fully saturated rings. The standard InChI is InChI=1S/C44H30N4/c1-5-17-31(18-6-1)47(32-19-7-2-8-20-32)39-29-30-40(48(33-21-9-3-10-22-33)34-23-11-4-12-24-34)44-43(39)45-41-37-27-15-13-25-35(37)36-26-14-16-28-38(36)42(41)46-44/h1-30H. The molecule has 0 amide bonds. The monoisotopic (exact) mass is 614 g/mol. The summed E-state index contributed by atoms with van der Waals surface area (Å²) in [6, 6.07) is 63.5. The summed E-state index contributed by atoms with van der Waals surface area (Å²) in [5.74, 6) is 0. The molecule has 0 aliphatic heterocycles. The lowest BCUT2D eigenvalue weighted by Gasteiger charge is -2.30. The molecule has 9 aromatic rings. The second-order valence-electron chi connectivity index (χ2n) is 11.8. The molecule has 0 spiro atoms. The van der Waals surface area contributed by atoms with Gasteiger partial charge in [-0.25, -0.2) is 9.97 Å². The lowest BCUT2D eigenvalue weighted by Crippen LogP contribution is -2.14. The van der Waals surface area contributed by atoms with Crippen LogP contribution in [0.15, 0.2) is 182 Å². The van der Waals surface area contributed by atoms with E-state index < -0.39 is 0 Å². The third-order valence-electron chi connectivity index (χ3n) is 8.97. The van der Waals surface area contributed by atoms with Gasteiger partial charge >= 0.3 is 0 Å². The largest absolute Gasteiger partial charge is 0.308 e. The maximum atomic E-state index is 5.63. The maximum Gasteiger partial charge on any atom is 0.116 e. The molecule has 1 heterocycles. The van der Waals surface area contributed by atoms with Gasteiger partial charge in [0.2, 0.25) is 0 Å². The predicted molar refractivity (Wildman–Crippen MR) is 201 cm³/mol. The second-order valence-corrected chi connectivity index (χ2v) is 11.8. The van der Waals surface area contributed by atoms with Crippen molar-refractivity contribution in [1.82, 2.24) is 9.97 Å². The maximum absolute atomic E-state index is 5.63. The molecule has 0 aliphatic carbocycles. The van der Waals surface area contributed by atoms with Gasteiger partial charge in [-0.1, -0.05) is 121 Å². The van der Waals surface area contributed by atoms with Crippen molar-refractivity contribution < 1.29 is 0 Å². The molecule has 0 saturated carbocycles. The lowest BCUT2D eigenvalue weighted by atomic mass is 9.99. The van der Waals surface area contributed by atoms with Crippen LogP contribution in [0.2, 0.25) is 0 Å². The summed E-state index contributed by atoms with van der Waals surface area (Å²) < 4.78 is 0. The Morgan fingerprint density at radius 1 is 0.250 bits per heavy atom. The quantitative estimate of drug-likeness (QED) is 0.138. The predicted octanol–water partition coefficient (Wildman–Crippen LogP) is 12.0. The van der Waals surface area contributed by atoms with Crippen LogP contribution in [-0.4, -0.2) is 9.97 Å². The van der Waals surface area contributed by atoms with Crippen LogP contribution in [0.3, 0.4) is 0 Å². The van der Waals surface area contributed by atoms with Crippen LogP contribution in [0, 0.1) is 0 Å². The van der Waals surface area contributed by atoms with Crippen LogP contribution < -0.4 is 9.80 Å². The van der Waals surface area contributed by atoms with Gasteiger partial charge in [0.15, 0.2) is 0 Å². The van der Waals surface area contributed by atoms with E-state index in [0.717, 1.165) is 67.0 Å². The number of para-hydroxylation sites is 4. The Hall–Kier alpha value is -6.52. The highest BCUT2D eigenvalue weighted by molar-refractivity contribution is 6.24. The first kappa shape index (κ1) is 27.8. The molecule has 1 aromatic heterocycles. The first-order valence-corrected chi connectivity index (χ1v) is 16.2. The zero-order chi connectivity index (χ0) is 31.9. The molecular formula is C44H30N4. The van der Waals surface area contributed by atoms with Crippen molar-refractivity contribution >= 4 is 77.7 Å². The van der Waals surface area contributed by atoms with Crippen molar-refractivity contribution in [3.05, 3.63) is 182 Å². The fourth-order valence-corrected chi connectivity index (χ4v) is 6.86. The van der Waals surface area contributed by atoms with Crippen LogP contribution >= 0.6 is 0 Å². The molecule has 9 rings (SSSR count). The van der Waals surface area contributed by atoms with Crippen LogP contribution in [0.5, 0.6) is 0 Å². The number of hydrogen-bond acceptors (Lipinski definition) is 4. The van der Waals surface area contributed by atoms with Crippen LogP contribution in [0.4, 0.5) is 34.1 Å². The van der Waals surface area contributed by atoms with E-state index in [4.69, 9.17) is 9.97 Å². The van der Waals surface area contributed by atoms with Crippen LogP contribution in [-0.2, 0) is 0 Å². The van der Waals surface area contributed by atoms with Crippen LogP contribution in [0.1, 0.15) is 0 Å². The van der Waals surface area contributed by atoms with Gasteiger partial charge in [-0.3, -0.25) is 0 Å². The molecular weight excluding hydrogens is 585 g/mol. The number of rotatable bonds is 6. The van der Waals surface area contributed by atoms with Gasteiger partial charge in [0.1, 0.15) is 11.0 Å². The summed E-state index contributed by atoms with van der Waals surface area (Å²) >= 11 is 0. The molecule has 8 aromatic carbocycles. The summed E-state index contributed by atoms with van der Waals surface area (Å²) in [6.07, 6.45) is 0. The topological polar surface area (TPSA) is 32.3 Å². The Balaban J connectivity index is 1.45. The SMILES string of the molecule is c1ccc(N(c2ccccc2)c2ccc(N(c3ccccc3)c3ccccc3)c3nc4c5ccccc5c5ccccc5c4nc23)cc1. The molecule has 0 saturated heterocycles. The Kier molecular flexibility index (Phi) is 6.76. The van der Waals surface area contributed by atoms with Gasteiger partial charge in [0.05, 0.1) is 22.4 Å². The molecule has 0 bridgehead atoms. The first-order chi connectivity index (χ1) is 23.8. The average molecular weight is 615 g/mol. The second kappa shape index (κ2) is 11.7. The molecule has 4 nitrogen and oxygen atoms in total. The summed E-state index contributed by atoms with van der Waals surface area (Å²) in [4.78, 5) is 15.8. The molecule has 0 atom stereocenters. The highest BCUT2D eigenvalue weighted by atomic mass is 15.2. The summed E-state index contributed by atoms with van der Waals surface area (Å²) in [5.41, 5.74) is 9.53. The van der Waals surface area contributed by atoms with Crippen molar-refractivity contribution in [2.45, 2.75) is 0 Å². The molecule has 48 heavy (non-hydrogen) atoms. The third kappa shape index (κ3) is 4.62. The average Bonchev–Trinajstić information content (AvgIpc) is 3.17. The normalized spacial score (nSPS) is 11.3. The van der Waals surface area contributed by atoms with Gasteiger partial charge in [0, 0.05) is 33.5 Å². The molecule has 0 N–H and O–H groups in total. The number of nitrogens with zero attached hydrogens (tertiary/aromatic N) is 4. The van der Waals surface area contributed by atoms with E-state index in [9.17, 15) is 0 Å². The van der Waals surface area contributed by atoms with Gasteiger partial charge < -0.3 is 9.80 Å². The van der Waals surface area contributed by atoms with Crippen molar-refractivity contribution in [2.75, 3.05) is 9.80 Å². The first-order valence-electron chi connectivity index (χ1n) is 16.2. The number of aromatic nitrogens is 2.